The molecule has 1 aromatic carbocycles. The first kappa shape index (κ1) is 20.5. The molecule has 0 aliphatic carbocycles. The highest BCUT2D eigenvalue weighted by atomic mass is 16.6. The van der Waals surface area contributed by atoms with Crippen molar-refractivity contribution in [1.29, 1.82) is 0 Å². The number of rotatable bonds is 6. The van der Waals surface area contributed by atoms with Crippen LogP contribution in [0.25, 0.3) is 0 Å². The molecule has 0 N–H and O–H groups in total. The third-order valence-corrected chi connectivity index (χ3v) is 5.92. The molecule has 2 aromatic rings. The van der Waals surface area contributed by atoms with Gasteiger partial charge in [-0.3, -0.25) is 15.0 Å². The zero-order valence-electron chi connectivity index (χ0n) is 17.3. The summed E-state index contributed by atoms with van der Waals surface area (Å²) in [6.45, 7) is 5.73. The number of benzene rings is 1. The maximum absolute atomic E-state index is 11.0. The average Bonchev–Trinajstić information content (AvgIpc) is 2.80. The molecule has 30 heavy (non-hydrogen) atoms. The second kappa shape index (κ2) is 9.36. The van der Waals surface area contributed by atoms with E-state index in [1.165, 1.54) is 6.07 Å². The first-order chi connectivity index (χ1) is 14.6. The number of anilines is 2. The number of nitro benzene ring substituents is 1. The van der Waals surface area contributed by atoms with Crippen molar-refractivity contribution in [3.05, 3.63) is 52.2 Å². The van der Waals surface area contributed by atoms with Crippen molar-refractivity contribution in [2.24, 2.45) is 0 Å². The van der Waals surface area contributed by atoms with E-state index in [0.717, 1.165) is 62.9 Å². The van der Waals surface area contributed by atoms with E-state index in [4.69, 9.17) is 9.72 Å². The molecule has 0 radical (unpaired) electrons. The molecule has 0 bridgehead atoms. The standard InChI is InChI=1S/C21H28N6O3/c1-24(20-5-8-22-21(23-20)26-11-13-30-14-12-26)18-6-9-25(10-7-18)16-17-3-2-4-19(15-17)27(28)29/h2-5,8,15,18H,6-7,9-14,16H2,1H3. The Morgan fingerprint density at radius 1 is 1.20 bits per heavy atom. The highest BCUT2D eigenvalue weighted by Crippen LogP contribution is 2.24. The SMILES string of the molecule is CN(c1ccnc(N2CCOCC2)n1)C1CCN(Cc2cccc([N+](=O)[O-])c2)CC1. The Bertz CT molecular complexity index is 865. The smallest absolute Gasteiger partial charge is 0.269 e. The number of hydrogen-bond donors (Lipinski definition) is 0. The second-order valence-electron chi connectivity index (χ2n) is 7.86. The zero-order valence-corrected chi connectivity index (χ0v) is 17.3. The van der Waals surface area contributed by atoms with Gasteiger partial charge < -0.3 is 14.5 Å². The summed E-state index contributed by atoms with van der Waals surface area (Å²) in [5.74, 6) is 1.72. The van der Waals surface area contributed by atoms with Crippen molar-refractivity contribution < 1.29 is 9.66 Å². The molecular formula is C21H28N6O3. The molecule has 2 aliphatic heterocycles. The molecule has 0 unspecified atom stereocenters. The Balaban J connectivity index is 1.34. The predicted octanol–water partition coefficient (Wildman–Crippen LogP) is 2.32. The Labute approximate surface area is 176 Å². The van der Waals surface area contributed by atoms with Crippen LogP contribution in [-0.2, 0) is 11.3 Å². The Morgan fingerprint density at radius 2 is 1.97 bits per heavy atom. The van der Waals surface area contributed by atoms with Gasteiger partial charge in [0.1, 0.15) is 5.82 Å². The Morgan fingerprint density at radius 3 is 2.70 bits per heavy atom. The van der Waals surface area contributed by atoms with Gasteiger partial charge in [-0.25, -0.2) is 4.98 Å². The number of ether oxygens (including phenoxy) is 1. The molecule has 2 aliphatic rings. The molecule has 3 heterocycles. The normalized spacial score (nSPS) is 18.4. The van der Waals surface area contributed by atoms with Crippen LogP contribution < -0.4 is 9.80 Å². The molecule has 4 rings (SSSR count). The van der Waals surface area contributed by atoms with E-state index in [-0.39, 0.29) is 10.6 Å². The summed E-state index contributed by atoms with van der Waals surface area (Å²) in [6, 6.07) is 9.32. The van der Waals surface area contributed by atoms with Crippen molar-refractivity contribution in [2.45, 2.75) is 25.4 Å². The maximum atomic E-state index is 11.0. The van der Waals surface area contributed by atoms with Gasteiger partial charge in [0.15, 0.2) is 0 Å². The molecule has 2 fully saturated rings. The lowest BCUT2D eigenvalue weighted by Gasteiger charge is -2.37. The van der Waals surface area contributed by atoms with Gasteiger partial charge in [-0.05, 0) is 24.5 Å². The third kappa shape index (κ3) is 4.85. The Hall–Kier alpha value is -2.78. The monoisotopic (exact) mass is 412 g/mol. The Kier molecular flexibility index (Phi) is 6.39. The summed E-state index contributed by atoms with van der Waals surface area (Å²) < 4.78 is 5.42. The van der Waals surface area contributed by atoms with Gasteiger partial charge in [0, 0.05) is 64.1 Å². The molecule has 0 atom stereocenters. The fourth-order valence-corrected chi connectivity index (χ4v) is 4.13. The van der Waals surface area contributed by atoms with Gasteiger partial charge in [-0.15, -0.1) is 0 Å². The quantitative estimate of drug-likeness (QED) is 0.528. The van der Waals surface area contributed by atoms with Gasteiger partial charge >= 0.3 is 0 Å². The van der Waals surface area contributed by atoms with Crippen LogP contribution >= 0.6 is 0 Å². The number of morpholine rings is 1. The van der Waals surface area contributed by atoms with E-state index in [9.17, 15) is 10.1 Å². The molecule has 0 saturated carbocycles. The lowest BCUT2D eigenvalue weighted by Crippen LogP contribution is -2.43. The van der Waals surface area contributed by atoms with Crippen molar-refractivity contribution in [2.75, 3.05) is 56.2 Å². The zero-order chi connectivity index (χ0) is 20.9. The topological polar surface area (TPSA) is 87.9 Å². The molecule has 160 valence electrons. The summed E-state index contributed by atoms with van der Waals surface area (Å²) in [5, 5.41) is 11.0. The summed E-state index contributed by atoms with van der Waals surface area (Å²) in [6.07, 6.45) is 3.89. The molecular weight excluding hydrogens is 384 g/mol. The number of nitrogens with zero attached hydrogens (tertiary/aromatic N) is 6. The van der Waals surface area contributed by atoms with Crippen LogP contribution in [0, 0.1) is 10.1 Å². The van der Waals surface area contributed by atoms with Gasteiger partial charge in [0.05, 0.1) is 18.1 Å². The predicted molar refractivity (Wildman–Crippen MR) is 115 cm³/mol. The van der Waals surface area contributed by atoms with Crippen LogP contribution in [0.1, 0.15) is 18.4 Å². The van der Waals surface area contributed by atoms with Crippen LogP contribution in [0.4, 0.5) is 17.5 Å². The first-order valence-electron chi connectivity index (χ1n) is 10.4. The molecule has 1 aromatic heterocycles. The van der Waals surface area contributed by atoms with Crippen molar-refractivity contribution in [3.8, 4) is 0 Å². The largest absolute Gasteiger partial charge is 0.378 e. The minimum atomic E-state index is -0.336. The third-order valence-electron chi connectivity index (χ3n) is 5.92. The van der Waals surface area contributed by atoms with Crippen molar-refractivity contribution >= 4 is 17.5 Å². The number of piperidine rings is 1. The maximum Gasteiger partial charge on any atom is 0.269 e. The van der Waals surface area contributed by atoms with E-state index in [1.54, 1.807) is 12.1 Å². The lowest BCUT2D eigenvalue weighted by molar-refractivity contribution is -0.384. The van der Waals surface area contributed by atoms with Gasteiger partial charge in [-0.2, -0.15) is 4.98 Å². The average molecular weight is 412 g/mol. The summed E-state index contributed by atoms with van der Waals surface area (Å²) in [4.78, 5) is 26.7. The minimum absolute atomic E-state index is 0.155. The van der Waals surface area contributed by atoms with Gasteiger partial charge in [-0.1, -0.05) is 12.1 Å². The number of non-ortho nitro benzene ring substituents is 1. The molecule has 0 amide bonds. The van der Waals surface area contributed by atoms with Crippen molar-refractivity contribution in [1.82, 2.24) is 14.9 Å². The van der Waals surface area contributed by atoms with Crippen LogP contribution in [-0.4, -0.2) is 72.3 Å². The highest BCUT2D eigenvalue weighted by molar-refractivity contribution is 5.44. The van der Waals surface area contributed by atoms with E-state index >= 15 is 0 Å². The minimum Gasteiger partial charge on any atom is -0.378 e. The van der Waals surface area contributed by atoms with Crippen LogP contribution in [0.5, 0.6) is 0 Å². The molecule has 9 heteroatoms. The number of nitro groups is 1. The molecule has 9 nitrogen and oxygen atoms in total. The van der Waals surface area contributed by atoms with E-state index in [1.807, 2.05) is 18.3 Å². The fourth-order valence-electron chi connectivity index (χ4n) is 4.13. The summed E-state index contributed by atoms with van der Waals surface area (Å²) >= 11 is 0. The van der Waals surface area contributed by atoms with Gasteiger partial charge in [0.25, 0.3) is 5.69 Å². The molecule has 0 spiro atoms. The lowest BCUT2D eigenvalue weighted by atomic mass is 10.0. The fraction of sp³-hybridized carbons (Fsp3) is 0.524. The van der Waals surface area contributed by atoms with E-state index in [0.29, 0.717) is 19.3 Å². The number of hydrogen-bond acceptors (Lipinski definition) is 8. The van der Waals surface area contributed by atoms with E-state index < -0.39 is 0 Å². The summed E-state index contributed by atoms with van der Waals surface area (Å²) in [5.41, 5.74) is 1.14. The van der Waals surface area contributed by atoms with Crippen molar-refractivity contribution in [3.63, 3.8) is 0 Å². The van der Waals surface area contributed by atoms with Crippen LogP contribution in [0.15, 0.2) is 36.5 Å². The van der Waals surface area contributed by atoms with Crippen LogP contribution in [0.2, 0.25) is 0 Å². The first-order valence-corrected chi connectivity index (χ1v) is 10.4. The van der Waals surface area contributed by atoms with E-state index in [2.05, 4.69) is 26.7 Å². The van der Waals surface area contributed by atoms with Crippen LogP contribution in [0.3, 0.4) is 0 Å². The highest BCUT2D eigenvalue weighted by Gasteiger charge is 2.24. The number of likely N-dealkylation sites (tertiary alicyclic amines) is 1. The van der Waals surface area contributed by atoms with Gasteiger partial charge in [0.2, 0.25) is 5.95 Å². The number of aromatic nitrogens is 2. The second-order valence-corrected chi connectivity index (χ2v) is 7.86. The summed E-state index contributed by atoms with van der Waals surface area (Å²) in [7, 11) is 2.10. The molecule has 2 saturated heterocycles.